The van der Waals surface area contributed by atoms with Crippen LogP contribution in [0.5, 0.6) is 5.88 Å². The predicted molar refractivity (Wildman–Crippen MR) is 46.6 cm³/mol. The average Bonchev–Trinajstić information content (AvgIpc) is 2.14. The van der Waals surface area contributed by atoms with Crippen LogP contribution in [-0.2, 0) is 0 Å². The van der Waals surface area contributed by atoms with Crippen molar-refractivity contribution in [2.75, 3.05) is 6.61 Å². The van der Waals surface area contributed by atoms with Crippen LogP contribution < -0.4 is 4.74 Å². The lowest BCUT2D eigenvalue weighted by atomic mass is 10.4. The number of nitrogens with zero attached hydrogens (tertiary/aromatic N) is 2. The highest BCUT2D eigenvalue weighted by Crippen LogP contribution is 2.18. The van der Waals surface area contributed by atoms with Gasteiger partial charge in [0.25, 0.3) is 5.95 Å². The smallest absolute Gasteiger partial charge is 0.324 e. The number of ether oxygens (including phenoxy) is 1. The Morgan fingerprint density at radius 3 is 2.86 bits per heavy atom. The number of aromatic nitrogens is 1. The molecular formula is C8H9FN2O3. The normalized spacial score (nSPS) is 9.86. The molecule has 1 aromatic rings. The van der Waals surface area contributed by atoms with E-state index in [-0.39, 0.29) is 5.88 Å². The molecule has 1 rings (SSSR count). The first-order valence-electron chi connectivity index (χ1n) is 4.09. The molecular weight excluding hydrogens is 191 g/mol. The Kier molecular flexibility index (Phi) is 3.33. The lowest BCUT2D eigenvalue weighted by Gasteiger charge is -2.02. The standard InChI is InChI=1S/C8H9FN2O3/c1-2-5-14-7-4-3-6(11(12)13)8(9)10-7/h3-4H,2,5H2,1H3. The molecule has 76 valence electrons. The Balaban J connectivity index is 2.83. The second kappa shape index (κ2) is 4.50. The lowest BCUT2D eigenvalue weighted by molar-refractivity contribution is -0.388. The van der Waals surface area contributed by atoms with E-state index in [9.17, 15) is 14.5 Å². The molecule has 1 heterocycles. The Hall–Kier alpha value is -1.72. The summed E-state index contributed by atoms with van der Waals surface area (Å²) in [6.45, 7) is 2.30. The second-order valence-corrected chi connectivity index (χ2v) is 2.56. The first-order valence-corrected chi connectivity index (χ1v) is 4.09. The zero-order valence-electron chi connectivity index (χ0n) is 7.57. The molecule has 1 aromatic heterocycles. The zero-order chi connectivity index (χ0) is 10.6. The SMILES string of the molecule is CCCOc1ccc([N+](=O)[O-])c(F)n1. The summed E-state index contributed by atoms with van der Waals surface area (Å²) >= 11 is 0. The van der Waals surface area contributed by atoms with Crippen LogP contribution in [0, 0.1) is 16.1 Å². The number of nitro groups is 1. The van der Waals surface area contributed by atoms with Crippen LogP contribution in [0.2, 0.25) is 0 Å². The number of pyridine rings is 1. The fourth-order valence-electron chi connectivity index (χ4n) is 0.833. The minimum absolute atomic E-state index is 0.0648. The van der Waals surface area contributed by atoms with Crippen molar-refractivity contribution >= 4 is 5.69 Å². The second-order valence-electron chi connectivity index (χ2n) is 2.56. The summed E-state index contributed by atoms with van der Waals surface area (Å²) < 4.78 is 17.9. The summed E-state index contributed by atoms with van der Waals surface area (Å²) in [5, 5.41) is 10.2. The molecule has 0 radical (unpaired) electrons. The Morgan fingerprint density at radius 1 is 1.64 bits per heavy atom. The van der Waals surface area contributed by atoms with E-state index < -0.39 is 16.6 Å². The van der Waals surface area contributed by atoms with Gasteiger partial charge in [0.05, 0.1) is 11.5 Å². The minimum Gasteiger partial charge on any atom is -0.478 e. The van der Waals surface area contributed by atoms with E-state index in [1.54, 1.807) is 0 Å². The summed E-state index contributed by atoms with van der Waals surface area (Å²) in [7, 11) is 0. The minimum atomic E-state index is -1.12. The van der Waals surface area contributed by atoms with E-state index in [4.69, 9.17) is 4.74 Å². The fourth-order valence-corrected chi connectivity index (χ4v) is 0.833. The van der Waals surface area contributed by atoms with Crippen LogP contribution in [-0.4, -0.2) is 16.5 Å². The van der Waals surface area contributed by atoms with Crippen LogP contribution in [0.3, 0.4) is 0 Å². The topological polar surface area (TPSA) is 65.3 Å². The van der Waals surface area contributed by atoms with Gasteiger partial charge in [-0.15, -0.1) is 0 Å². The van der Waals surface area contributed by atoms with Crippen LogP contribution in [0.25, 0.3) is 0 Å². The number of hydrogen-bond donors (Lipinski definition) is 0. The first-order chi connectivity index (χ1) is 6.65. The van der Waals surface area contributed by atoms with Gasteiger partial charge in [-0.3, -0.25) is 10.1 Å². The molecule has 0 aliphatic rings. The molecule has 0 saturated heterocycles. The molecule has 14 heavy (non-hydrogen) atoms. The molecule has 0 aliphatic heterocycles. The van der Waals surface area contributed by atoms with E-state index >= 15 is 0 Å². The third-order valence-electron chi connectivity index (χ3n) is 1.45. The lowest BCUT2D eigenvalue weighted by Crippen LogP contribution is -2.00. The van der Waals surface area contributed by atoms with Gasteiger partial charge in [-0.05, 0) is 6.42 Å². The van der Waals surface area contributed by atoms with Crippen molar-refractivity contribution in [1.82, 2.24) is 4.98 Å². The van der Waals surface area contributed by atoms with Crippen LogP contribution >= 0.6 is 0 Å². The van der Waals surface area contributed by atoms with Crippen LogP contribution in [0.4, 0.5) is 10.1 Å². The van der Waals surface area contributed by atoms with Crippen molar-refractivity contribution in [3.63, 3.8) is 0 Å². The Morgan fingerprint density at radius 2 is 2.36 bits per heavy atom. The van der Waals surface area contributed by atoms with Gasteiger partial charge in [0.15, 0.2) is 0 Å². The zero-order valence-corrected chi connectivity index (χ0v) is 7.57. The fraction of sp³-hybridized carbons (Fsp3) is 0.375. The molecule has 0 saturated carbocycles. The molecule has 0 amide bonds. The van der Waals surface area contributed by atoms with Crippen molar-refractivity contribution in [3.05, 3.63) is 28.2 Å². The number of hydrogen-bond acceptors (Lipinski definition) is 4. The summed E-state index contributed by atoms with van der Waals surface area (Å²) in [6.07, 6.45) is 0.764. The van der Waals surface area contributed by atoms with E-state index in [0.29, 0.717) is 6.61 Å². The predicted octanol–water partition coefficient (Wildman–Crippen LogP) is 1.92. The summed E-state index contributed by atoms with van der Waals surface area (Å²) in [5.74, 6) is -1.06. The van der Waals surface area contributed by atoms with Gasteiger partial charge in [0.1, 0.15) is 0 Å². The van der Waals surface area contributed by atoms with Crippen molar-refractivity contribution in [2.45, 2.75) is 13.3 Å². The maximum atomic E-state index is 12.9. The molecule has 0 bridgehead atoms. The summed E-state index contributed by atoms with van der Waals surface area (Å²) in [4.78, 5) is 12.7. The van der Waals surface area contributed by atoms with E-state index in [1.807, 2.05) is 6.92 Å². The maximum Gasteiger partial charge on any atom is 0.324 e. The van der Waals surface area contributed by atoms with Gasteiger partial charge in [0.2, 0.25) is 5.88 Å². The number of halogens is 1. The highest BCUT2D eigenvalue weighted by atomic mass is 19.1. The molecule has 0 atom stereocenters. The Labute approximate surface area is 79.7 Å². The maximum absolute atomic E-state index is 12.9. The van der Waals surface area contributed by atoms with Gasteiger partial charge >= 0.3 is 5.69 Å². The van der Waals surface area contributed by atoms with Crippen LogP contribution in [0.15, 0.2) is 12.1 Å². The van der Waals surface area contributed by atoms with E-state index in [1.165, 1.54) is 6.07 Å². The highest BCUT2D eigenvalue weighted by Gasteiger charge is 2.15. The van der Waals surface area contributed by atoms with Gasteiger partial charge in [-0.2, -0.15) is 9.37 Å². The van der Waals surface area contributed by atoms with Gasteiger partial charge in [0, 0.05) is 12.1 Å². The monoisotopic (exact) mass is 200 g/mol. The average molecular weight is 200 g/mol. The molecule has 0 aliphatic carbocycles. The molecule has 0 spiro atoms. The quantitative estimate of drug-likeness (QED) is 0.423. The van der Waals surface area contributed by atoms with Crippen molar-refractivity contribution in [1.29, 1.82) is 0 Å². The molecule has 0 N–H and O–H groups in total. The van der Waals surface area contributed by atoms with Gasteiger partial charge in [-0.25, -0.2) is 0 Å². The first kappa shape index (κ1) is 10.4. The van der Waals surface area contributed by atoms with Crippen molar-refractivity contribution in [3.8, 4) is 5.88 Å². The van der Waals surface area contributed by atoms with E-state index in [0.717, 1.165) is 12.5 Å². The highest BCUT2D eigenvalue weighted by molar-refractivity contribution is 5.30. The van der Waals surface area contributed by atoms with E-state index in [2.05, 4.69) is 4.98 Å². The number of rotatable bonds is 4. The molecule has 0 fully saturated rings. The van der Waals surface area contributed by atoms with Crippen molar-refractivity contribution < 1.29 is 14.1 Å². The molecule has 0 unspecified atom stereocenters. The largest absolute Gasteiger partial charge is 0.478 e. The van der Waals surface area contributed by atoms with Crippen molar-refractivity contribution in [2.24, 2.45) is 0 Å². The molecule has 0 aromatic carbocycles. The third-order valence-corrected chi connectivity index (χ3v) is 1.45. The van der Waals surface area contributed by atoms with Gasteiger partial charge in [-0.1, -0.05) is 6.92 Å². The Bertz CT molecular complexity index is 343. The van der Waals surface area contributed by atoms with Gasteiger partial charge < -0.3 is 4.74 Å². The third kappa shape index (κ3) is 2.38. The summed E-state index contributed by atoms with van der Waals surface area (Å²) in [5.41, 5.74) is -0.645. The molecule has 6 heteroatoms. The summed E-state index contributed by atoms with van der Waals surface area (Å²) in [6, 6.07) is 2.31. The molecule has 5 nitrogen and oxygen atoms in total. The van der Waals surface area contributed by atoms with Crippen LogP contribution in [0.1, 0.15) is 13.3 Å².